The molecule has 6 heteroatoms. The fourth-order valence-electron chi connectivity index (χ4n) is 2.71. The van der Waals surface area contributed by atoms with Gasteiger partial charge in [0.2, 0.25) is 0 Å². The van der Waals surface area contributed by atoms with Crippen molar-refractivity contribution in [1.82, 2.24) is 0 Å². The Labute approximate surface area is 78.7 Å². The smallest absolute Gasteiger partial charge is 0.311 e. The molecule has 0 heterocycles. The van der Waals surface area contributed by atoms with Crippen LogP contribution < -0.4 is 5.73 Å². The van der Waals surface area contributed by atoms with Gasteiger partial charge in [-0.2, -0.15) is 0 Å². The minimum Gasteiger partial charge on any atom is -0.481 e. The number of hydrogen-bond acceptors (Lipinski definition) is 3. The van der Waals surface area contributed by atoms with Gasteiger partial charge in [-0.1, -0.05) is 0 Å². The third-order valence-electron chi connectivity index (χ3n) is 3.39. The van der Waals surface area contributed by atoms with Crippen molar-refractivity contribution < 1.29 is 24.2 Å². The Morgan fingerprint density at radius 1 is 1.29 bits per heavy atom. The number of rotatable bonds is 2. The van der Waals surface area contributed by atoms with Crippen LogP contribution in [0.4, 0.5) is 4.39 Å². The van der Waals surface area contributed by atoms with E-state index in [9.17, 15) is 14.0 Å². The van der Waals surface area contributed by atoms with Gasteiger partial charge in [0.25, 0.3) is 0 Å². The first-order valence-corrected chi connectivity index (χ1v) is 4.29. The van der Waals surface area contributed by atoms with Gasteiger partial charge in [-0.15, -0.1) is 0 Å². The zero-order chi connectivity index (χ0) is 10.7. The van der Waals surface area contributed by atoms with Crippen molar-refractivity contribution in [2.75, 3.05) is 0 Å². The standard InChI is InChI=1S/C8H10FNO4/c9-3-1-2-4(6(11)12)8(2,10)5(3)7(13)14/h2-5H,1,10H2,(H,11,12)(H,13,14). The average Bonchev–Trinajstić information content (AvgIpc) is 2.45. The minimum atomic E-state index is -1.52. The lowest BCUT2D eigenvalue weighted by atomic mass is 9.94. The maximum Gasteiger partial charge on any atom is 0.311 e. The van der Waals surface area contributed by atoms with Crippen LogP contribution in [0, 0.1) is 17.8 Å². The van der Waals surface area contributed by atoms with Crippen molar-refractivity contribution in [3.05, 3.63) is 0 Å². The maximum atomic E-state index is 13.1. The zero-order valence-corrected chi connectivity index (χ0v) is 7.18. The highest BCUT2D eigenvalue weighted by Gasteiger charge is 2.77. The zero-order valence-electron chi connectivity index (χ0n) is 7.18. The summed E-state index contributed by atoms with van der Waals surface area (Å²) in [4.78, 5) is 21.4. The van der Waals surface area contributed by atoms with Crippen LogP contribution in [-0.2, 0) is 9.59 Å². The number of nitrogens with two attached hydrogens (primary N) is 1. The first-order valence-electron chi connectivity index (χ1n) is 4.29. The molecule has 5 nitrogen and oxygen atoms in total. The Morgan fingerprint density at radius 3 is 2.21 bits per heavy atom. The molecule has 0 aromatic carbocycles. The molecule has 0 radical (unpaired) electrons. The topological polar surface area (TPSA) is 101 Å². The molecule has 0 saturated heterocycles. The van der Waals surface area contributed by atoms with Crippen LogP contribution in [0.5, 0.6) is 0 Å². The van der Waals surface area contributed by atoms with Crippen LogP contribution in [-0.4, -0.2) is 33.9 Å². The summed E-state index contributed by atoms with van der Waals surface area (Å²) >= 11 is 0. The van der Waals surface area contributed by atoms with Gasteiger partial charge in [0.05, 0.1) is 5.92 Å². The Bertz CT molecular complexity index is 320. The predicted molar refractivity (Wildman–Crippen MR) is 42.2 cm³/mol. The lowest BCUT2D eigenvalue weighted by molar-refractivity contribution is -0.146. The number of carboxylic acids is 2. The SMILES string of the molecule is NC12C(CC(F)C1C(=O)O)C2C(=O)O. The van der Waals surface area contributed by atoms with E-state index in [-0.39, 0.29) is 6.42 Å². The van der Waals surface area contributed by atoms with Crippen molar-refractivity contribution in [1.29, 1.82) is 0 Å². The summed E-state index contributed by atoms with van der Waals surface area (Å²) in [6, 6.07) is 0. The van der Waals surface area contributed by atoms with E-state index in [0.717, 1.165) is 0 Å². The van der Waals surface area contributed by atoms with Gasteiger partial charge in [0.1, 0.15) is 12.1 Å². The average molecular weight is 203 g/mol. The van der Waals surface area contributed by atoms with E-state index in [0.29, 0.717) is 0 Å². The number of fused-ring (bicyclic) bond motifs is 1. The van der Waals surface area contributed by atoms with E-state index in [1.165, 1.54) is 0 Å². The molecular formula is C8H10FNO4. The number of alkyl halides is 1. The van der Waals surface area contributed by atoms with Crippen LogP contribution in [0.15, 0.2) is 0 Å². The number of halogens is 1. The molecule has 2 aliphatic rings. The van der Waals surface area contributed by atoms with Crippen LogP contribution >= 0.6 is 0 Å². The summed E-state index contributed by atoms with van der Waals surface area (Å²) in [7, 11) is 0. The molecule has 0 bridgehead atoms. The van der Waals surface area contributed by atoms with Gasteiger partial charge >= 0.3 is 11.9 Å². The largest absolute Gasteiger partial charge is 0.481 e. The lowest BCUT2D eigenvalue weighted by Gasteiger charge is -2.18. The second-order valence-electron chi connectivity index (χ2n) is 3.99. The molecule has 0 aromatic rings. The predicted octanol–water partition coefficient (Wildman–Crippen LogP) is -0.543. The lowest BCUT2D eigenvalue weighted by Crippen LogP contribution is -2.43. The highest BCUT2D eigenvalue weighted by atomic mass is 19.1. The number of carboxylic acid groups (broad SMARTS) is 2. The van der Waals surface area contributed by atoms with Crippen LogP contribution in [0.2, 0.25) is 0 Å². The van der Waals surface area contributed by atoms with E-state index in [2.05, 4.69) is 0 Å². The van der Waals surface area contributed by atoms with Crippen LogP contribution in [0.25, 0.3) is 0 Å². The Hall–Kier alpha value is -1.17. The molecule has 4 N–H and O–H groups in total. The minimum absolute atomic E-state index is 0.0512. The second-order valence-corrected chi connectivity index (χ2v) is 3.99. The highest BCUT2D eigenvalue weighted by molar-refractivity contribution is 5.83. The summed E-state index contributed by atoms with van der Waals surface area (Å²) in [6.45, 7) is 0. The summed E-state index contributed by atoms with van der Waals surface area (Å²) in [5, 5.41) is 17.4. The quantitative estimate of drug-likeness (QED) is 0.559. The van der Waals surface area contributed by atoms with Crippen LogP contribution in [0.1, 0.15) is 6.42 Å². The van der Waals surface area contributed by atoms with E-state index >= 15 is 0 Å². The van der Waals surface area contributed by atoms with Gasteiger partial charge in [0.15, 0.2) is 0 Å². The summed E-state index contributed by atoms with van der Waals surface area (Å²) < 4.78 is 13.1. The van der Waals surface area contributed by atoms with Crippen molar-refractivity contribution in [3.8, 4) is 0 Å². The fraction of sp³-hybridized carbons (Fsp3) is 0.750. The summed E-state index contributed by atoms with van der Waals surface area (Å²) in [6.07, 6.45) is -1.57. The van der Waals surface area contributed by atoms with E-state index in [1.807, 2.05) is 0 Å². The Morgan fingerprint density at radius 2 is 1.79 bits per heavy atom. The molecule has 5 atom stereocenters. The molecule has 5 unspecified atom stereocenters. The third kappa shape index (κ3) is 0.863. The van der Waals surface area contributed by atoms with Gasteiger partial charge in [-0.3, -0.25) is 9.59 Å². The van der Waals surface area contributed by atoms with Gasteiger partial charge < -0.3 is 15.9 Å². The number of aliphatic carboxylic acids is 2. The molecule has 78 valence electrons. The monoisotopic (exact) mass is 203 g/mol. The molecule has 2 saturated carbocycles. The molecule has 2 aliphatic carbocycles. The molecule has 0 aliphatic heterocycles. The molecule has 2 fully saturated rings. The van der Waals surface area contributed by atoms with E-state index in [4.69, 9.17) is 15.9 Å². The molecule has 2 rings (SSSR count). The van der Waals surface area contributed by atoms with E-state index < -0.39 is 41.4 Å². The summed E-state index contributed by atoms with van der Waals surface area (Å²) in [5.74, 6) is -5.25. The van der Waals surface area contributed by atoms with Crippen molar-refractivity contribution in [2.24, 2.45) is 23.5 Å². The molecule has 0 aromatic heterocycles. The molecule has 0 amide bonds. The molecule has 14 heavy (non-hydrogen) atoms. The third-order valence-corrected chi connectivity index (χ3v) is 3.39. The molecule has 0 spiro atoms. The van der Waals surface area contributed by atoms with Gasteiger partial charge in [-0.05, 0) is 12.3 Å². The van der Waals surface area contributed by atoms with Crippen LogP contribution in [0.3, 0.4) is 0 Å². The number of carbonyl (C=O) groups is 2. The van der Waals surface area contributed by atoms with E-state index in [1.54, 1.807) is 0 Å². The first-order chi connectivity index (χ1) is 6.40. The first kappa shape index (κ1) is 9.39. The highest BCUT2D eigenvalue weighted by Crippen LogP contribution is 2.63. The maximum absolute atomic E-state index is 13.1. The van der Waals surface area contributed by atoms with Crippen molar-refractivity contribution >= 4 is 11.9 Å². The number of hydrogen-bond donors (Lipinski definition) is 3. The van der Waals surface area contributed by atoms with Gasteiger partial charge in [-0.25, -0.2) is 4.39 Å². The Kier molecular flexibility index (Phi) is 1.64. The fourth-order valence-corrected chi connectivity index (χ4v) is 2.71. The Balaban J connectivity index is 2.27. The van der Waals surface area contributed by atoms with Gasteiger partial charge in [0, 0.05) is 5.54 Å². The molecular weight excluding hydrogens is 193 g/mol. The van der Waals surface area contributed by atoms with Crippen molar-refractivity contribution in [3.63, 3.8) is 0 Å². The van der Waals surface area contributed by atoms with Crippen molar-refractivity contribution in [2.45, 2.75) is 18.1 Å². The normalized spacial score (nSPS) is 49.9. The second kappa shape index (κ2) is 2.44. The summed E-state index contributed by atoms with van der Waals surface area (Å²) in [5.41, 5.74) is 4.27.